The molecule has 10 nitrogen and oxygen atoms in total. The van der Waals surface area contributed by atoms with Gasteiger partial charge in [0.1, 0.15) is 11.6 Å². The van der Waals surface area contributed by atoms with Gasteiger partial charge in [0.05, 0.1) is 18.3 Å². The van der Waals surface area contributed by atoms with Crippen molar-refractivity contribution < 1.29 is 18.8 Å². The lowest BCUT2D eigenvalue weighted by Gasteiger charge is -2.10. The number of anilines is 1. The maximum Gasteiger partial charge on any atom is 0.306 e. The van der Waals surface area contributed by atoms with E-state index < -0.39 is 18.5 Å². The van der Waals surface area contributed by atoms with Gasteiger partial charge in [-0.2, -0.15) is 15.3 Å². The molecule has 0 fully saturated rings. The number of nitrogens with one attached hydrogen (secondary N) is 1. The van der Waals surface area contributed by atoms with E-state index >= 15 is 0 Å². The summed E-state index contributed by atoms with van der Waals surface area (Å²) < 4.78 is 11.6. The molecule has 34 heavy (non-hydrogen) atoms. The molecule has 0 spiro atoms. The van der Waals surface area contributed by atoms with Crippen LogP contribution in [0.25, 0.3) is 17.1 Å². The Labute approximate surface area is 198 Å². The summed E-state index contributed by atoms with van der Waals surface area (Å²) in [6.45, 7) is -0.524. The molecule has 170 valence electrons. The highest BCUT2D eigenvalue weighted by molar-refractivity contribution is 6.30. The van der Waals surface area contributed by atoms with Gasteiger partial charge in [0, 0.05) is 17.0 Å². The van der Waals surface area contributed by atoms with E-state index in [1.54, 1.807) is 48.5 Å². The Morgan fingerprint density at radius 1 is 1.15 bits per heavy atom. The molecule has 1 N–H and O–H groups in total. The molecule has 4 rings (SSSR count). The van der Waals surface area contributed by atoms with E-state index in [9.17, 15) is 14.9 Å². The highest BCUT2D eigenvalue weighted by Crippen LogP contribution is 2.20. The van der Waals surface area contributed by atoms with Crippen LogP contribution < -0.4 is 5.32 Å². The average molecular weight is 477 g/mol. The molecule has 0 atom stereocenters. The highest BCUT2D eigenvalue weighted by atomic mass is 35.5. The first-order valence-corrected chi connectivity index (χ1v) is 10.5. The number of esters is 1. The third-order valence-corrected chi connectivity index (χ3v) is 4.88. The quantitative estimate of drug-likeness (QED) is 0.381. The molecule has 0 aliphatic heterocycles. The molecule has 0 saturated heterocycles. The summed E-state index contributed by atoms with van der Waals surface area (Å²) in [6, 6.07) is 17.9. The molecule has 0 bridgehead atoms. The lowest BCUT2D eigenvalue weighted by atomic mass is 10.2. The zero-order valence-corrected chi connectivity index (χ0v) is 18.4. The first kappa shape index (κ1) is 22.7. The van der Waals surface area contributed by atoms with Gasteiger partial charge in [0.2, 0.25) is 11.7 Å². The van der Waals surface area contributed by atoms with Gasteiger partial charge in [0.25, 0.3) is 5.91 Å². The number of rotatable bonds is 8. The first-order chi connectivity index (χ1) is 16.5. The number of para-hydroxylation sites is 1. The number of hydrogen-bond donors (Lipinski definition) is 1. The minimum Gasteiger partial charge on any atom is -0.456 e. The van der Waals surface area contributed by atoms with Crippen LogP contribution >= 0.6 is 11.6 Å². The number of nitriles is 1. The number of aryl methyl sites for hydroxylation is 1. The largest absolute Gasteiger partial charge is 0.456 e. The van der Waals surface area contributed by atoms with E-state index in [1.807, 2.05) is 12.1 Å². The van der Waals surface area contributed by atoms with E-state index in [4.69, 9.17) is 20.9 Å². The first-order valence-electron chi connectivity index (χ1n) is 10.1. The van der Waals surface area contributed by atoms with Gasteiger partial charge in [-0.15, -0.1) is 0 Å². The van der Waals surface area contributed by atoms with Gasteiger partial charge in [-0.05, 0) is 36.4 Å². The molecule has 4 aromatic rings. The topological polar surface area (TPSA) is 136 Å². The van der Waals surface area contributed by atoms with Crippen molar-refractivity contribution in [3.8, 4) is 23.1 Å². The number of carbonyl (C=O) groups is 2. The van der Waals surface area contributed by atoms with Crippen molar-refractivity contribution >= 4 is 29.3 Å². The Morgan fingerprint density at radius 3 is 2.65 bits per heavy atom. The monoisotopic (exact) mass is 476 g/mol. The Hall–Kier alpha value is -4.49. The SMILES string of the molecule is N#Cc1cnn(-c2ccccc2)c1NC(=O)COC(=O)CCc1nc(-c2ccc(Cl)cc2)no1. The van der Waals surface area contributed by atoms with Gasteiger partial charge >= 0.3 is 5.97 Å². The van der Waals surface area contributed by atoms with Crippen molar-refractivity contribution in [2.24, 2.45) is 0 Å². The average Bonchev–Trinajstić information content (AvgIpc) is 3.49. The van der Waals surface area contributed by atoms with Crippen LogP contribution in [0.4, 0.5) is 5.82 Å². The zero-order chi connectivity index (χ0) is 23.9. The summed E-state index contributed by atoms with van der Waals surface area (Å²) in [6.07, 6.45) is 1.44. The lowest BCUT2D eigenvalue weighted by Crippen LogP contribution is -2.23. The standard InChI is InChI=1S/C23H17ClN6O4/c24-17-8-6-15(7-9-17)22-28-20(34-29-22)10-11-21(32)33-14-19(31)27-23-16(12-25)13-26-30(23)18-4-2-1-3-5-18/h1-9,13H,10-11,14H2,(H,27,31). The molecule has 2 heterocycles. The van der Waals surface area contributed by atoms with Crippen molar-refractivity contribution in [1.29, 1.82) is 5.26 Å². The molecule has 0 aliphatic carbocycles. The van der Waals surface area contributed by atoms with E-state index in [-0.39, 0.29) is 30.1 Å². The van der Waals surface area contributed by atoms with E-state index in [0.717, 1.165) is 5.56 Å². The molecule has 2 aromatic heterocycles. The zero-order valence-electron chi connectivity index (χ0n) is 17.6. The fraction of sp³-hybridized carbons (Fsp3) is 0.130. The maximum atomic E-state index is 12.3. The third-order valence-electron chi connectivity index (χ3n) is 4.63. The number of halogens is 1. The van der Waals surface area contributed by atoms with Crippen LogP contribution in [-0.2, 0) is 20.7 Å². The van der Waals surface area contributed by atoms with Crippen LogP contribution in [0.1, 0.15) is 17.9 Å². The third kappa shape index (κ3) is 5.46. The number of aromatic nitrogens is 4. The van der Waals surface area contributed by atoms with Crippen molar-refractivity contribution in [3.63, 3.8) is 0 Å². The molecular weight excluding hydrogens is 460 g/mol. The van der Waals surface area contributed by atoms with Crippen molar-refractivity contribution in [1.82, 2.24) is 19.9 Å². The predicted molar refractivity (Wildman–Crippen MR) is 121 cm³/mol. The minimum atomic E-state index is -0.613. The Morgan fingerprint density at radius 2 is 1.91 bits per heavy atom. The van der Waals surface area contributed by atoms with Crippen LogP contribution in [0, 0.1) is 11.3 Å². The smallest absolute Gasteiger partial charge is 0.306 e. The summed E-state index contributed by atoms with van der Waals surface area (Å²) in [5.41, 5.74) is 1.57. The minimum absolute atomic E-state index is 0.0546. The van der Waals surface area contributed by atoms with Gasteiger partial charge in [-0.3, -0.25) is 9.59 Å². The summed E-state index contributed by atoms with van der Waals surface area (Å²) in [7, 11) is 0. The normalized spacial score (nSPS) is 10.5. The van der Waals surface area contributed by atoms with Gasteiger partial charge in [-0.1, -0.05) is 35.0 Å². The number of nitrogens with zero attached hydrogens (tertiary/aromatic N) is 5. The molecular formula is C23H17ClN6O4. The van der Waals surface area contributed by atoms with Gasteiger partial charge in [0.15, 0.2) is 12.4 Å². The van der Waals surface area contributed by atoms with Crippen molar-refractivity contribution in [3.05, 3.63) is 77.3 Å². The van der Waals surface area contributed by atoms with E-state index in [1.165, 1.54) is 10.9 Å². The van der Waals surface area contributed by atoms with Crippen LogP contribution in [0.15, 0.2) is 65.3 Å². The van der Waals surface area contributed by atoms with Crippen LogP contribution in [-0.4, -0.2) is 38.4 Å². The predicted octanol–water partition coefficient (Wildman–Crippen LogP) is 3.56. The van der Waals surface area contributed by atoms with Crippen LogP contribution in [0.3, 0.4) is 0 Å². The molecule has 0 radical (unpaired) electrons. The van der Waals surface area contributed by atoms with Crippen molar-refractivity contribution in [2.75, 3.05) is 11.9 Å². The molecule has 0 saturated carbocycles. The van der Waals surface area contributed by atoms with Crippen LogP contribution in [0.5, 0.6) is 0 Å². The second-order valence-electron chi connectivity index (χ2n) is 6.99. The van der Waals surface area contributed by atoms with E-state index in [0.29, 0.717) is 16.5 Å². The second-order valence-corrected chi connectivity index (χ2v) is 7.43. The van der Waals surface area contributed by atoms with Gasteiger partial charge in [-0.25, -0.2) is 4.68 Å². The fourth-order valence-electron chi connectivity index (χ4n) is 2.98. The molecule has 11 heteroatoms. The number of benzene rings is 2. The van der Waals surface area contributed by atoms with Gasteiger partial charge < -0.3 is 14.6 Å². The molecule has 1 amide bonds. The van der Waals surface area contributed by atoms with Crippen LogP contribution in [0.2, 0.25) is 5.02 Å². The lowest BCUT2D eigenvalue weighted by molar-refractivity contribution is -0.147. The summed E-state index contributed by atoms with van der Waals surface area (Å²) >= 11 is 5.87. The Balaban J connectivity index is 1.29. The second kappa shape index (κ2) is 10.4. The number of amides is 1. The number of carbonyl (C=O) groups excluding carboxylic acids is 2. The molecule has 0 aliphatic rings. The summed E-state index contributed by atoms with van der Waals surface area (Å²) in [5, 5.41) is 20.5. The molecule has 2 aromatic carbocycles. The molecule has 0 unspecified atom stereocenters. The van der Waals surface area contributed by atoms with Crippen molar-refractivity contribution in [2.45, 2.75) is 12.8 Å². The summed E-state index contributed by atoms with van der Waals surface area (Å²) in [5.74, 6) is -0.390. The van der Waals surface area contributed by atoms with E-state index in [2.05, 4.69) is 20.6 Å². The highest BCUT2D eigenvalue weighted by Gasteiger charge is 2.17. The number of hydrogen-bond acceptors (Lipinski definition) is 8. The Kier molecular flexibility index (Phi) is 6.95. The number of ether oxygens (including phenoxy) is 1. The maximum absolute atomic E-state index is 12.3. The summed E-state index contributed by atoms with van der Waals surface area (Å²) in [4.78, 5) is 28.6. The fourth-order valence-corrected chi connectivity index (χ4v) is 3.11. The Bertz CT molecular complexity index is 1340.